The van der Waals surface area contributed by atoms with Gasteiger partial charge in [-0.3, -0.25) is 4.79 Å². The smallest absolute Gasteiger partial charge is 0.239 e. The van der Waals surface area contributed by atoms with Crippen LogP contribution in [0.1, 0.15) is 6.42 Å². The van der Waals surface area contributed by atoms with Crippen LogP contribution >= 0.6 is 0 Å². The topological polar surface area (TPSA) is 93.8 Å². The number of hydrogen-bond donors (Lipinski definition) is 3. The van der Waals surface area contributed by atoms with Crippen LogP contribution in [-0.2, 0) is 14.3 Å². The van der Waals surface area contributed by atoms with E-state index in [4.69, 9.17) is 15.2 Å². The van der Waals surface area contributed by atoms with Gasteiger partial charge in [-0.15, -0.1) is 0 Å². The Balaban J connectivity index is 3.54. The van der Waals surface area contributed by atoms with E-state index in [1.807, 2.05) is 0 Å². The monoisotopic (exact) mass is 220 g/mol. The van der Waals surface area contributed by atoms with Gasteiger partial charge in [0, 0.05) is 20.8 Å². The number of methoxy groups -OCH3 is 2. The molecule has 0 aliphatic heterocycles. The van der Waals surface area contributed by atoms with Crippen molar-refractivity contribution in [2.45, 2.75) is 18.6 Å². The number of nitrogens with one attached hydrogen (secondary N) is 1. The molecule has 0 aliphatic carbocycles. The van der Waals surface area contributed by atoms with Gasteiger partial charge in [-0.1, -0.05) is 0 Å². The lowest BCUT2D eigenvalue weighted by molar-refractivity contribution is -0.123. The van der Waals surface area contributed by atoms with E-state index in [0.717, 1.165) is 0 Å². The molecule has 6 nitrogen and oxygen atoms in total. The Kier molecular flexibility index (Phi) is 8.21. The number of ether oxygens (including phenoxy) is 2. The fraction of sp³-hybridized carbons (Fsp3) is 0.889. The first-order valence-corrected chi connectivity index (χ1v) is 4.81. The largest absolute Gasteiger partial charge is 0.391 e. The number of hydrogen-bond acceptors (Lipinski definition) is 5. The molecular formula is C9H20N2O4. The van der Waals surface area contributed by atoms with Gasteiger partial charge < -0.3 is 25.6 Å². The van der Waals surface area contributed by atoms with Gasteiger partial charge in [0.1, 0.15) is 6.04 Å². The molecule has 6 heteroatoms. The molecule has 15 heavy (non-hydrogen) atoms. The summed E-state index contributed by atoms with van der Waals surface area (Å²) in [7, 11) is 2.99. The van der Waals surface area contributed by atoms with Crippen molar-refractivity contribution in [2.75, 3.05) is 34.0 Å². The summed E-state index contributed by atoms with van der Waals surface area (Å²) in [6.45, 7) is 0.827. The van der Waals surface area contributed by atoms with Crippen LogP contribution < -0.4 is 11.1 Å². The highest BCUT2D eigenvalue weighted by molar-refractivity contribution is 5.81. The molecule has 90 valence electrons. The van der Waals surface area contributed by atoms with Crippen LogP contribution in [-0.4, -0.2) is 57.1 Å². The van der Waals surface area contributed by atoms with Crippen molar-refractivity contribution in [3.63, 3.8) is 0 Å². The van der Waals surface area contributed by atoms with E-state index < -0.39 is 12.1 Å². The van der Waals surface area contributed by atoms with Crippen LogP contribution in [0.25, 0.3) is 0 Å². The summed E-state index contributed by atoms with van der Waals surface area (Å²) in [5.41, 5.74) is 5.48. The first-order valence-electron chi connectivity index (χ1n) is 4.81. The molecule has 0 saturated carbocycles. The Morgan fingerprint density at radius 2 is 2.00 bits per heavy atom. The summed E-state index contributed by atoms with van der Waals surface area (Å²) >= 11 is 0. The van der Waals surface area contributed by atoms with Crippen LogP contribution in [0.5, 0.6) is 0 Å². The number of aliphatic hydroxyl groups is 1. The van der Waals surface area contributed by atoms with Gasteiger partial charge in [0.2, 0.25) is 5.91 Å². The molecule has 0 aromatic rings. The van der Waals surface area contributed by atoms with Crippen molar-refractivity contribution in [3.05, 3.63) is 0 Å². The third-order valence-corrected chi connectivity index (χ3v) is 1.82. The molecule has 0 aromatic heterocycles. The number of carbonyl (C=O) groups is 1. The highest BCUT2D eigenvalue weighted by Gasteiger charge is 2.12. The SMILES string of the molecule is COCC(O)CCNC(=O)C(N)COC. The minimum Gasteiger partial charge on any atom is -0.391 e. The van der Waals surface area contributed by atoms with Crippen molar-refractivity contribution in [3.8, 4) is 0 Å². The zero-order chi connectivity index (χ0) is 11.7. The maximum Gasteiger partial charge on any atom is 0.239 e. The standard InChI is InChI=1S/C9H20N2O4/c1-14-5-7(12)3-4-11-9(13)8(10)6-15-2/h7-8,12H,3-6,10H2,1-2H3,(H,11,13). The molecule has 0 aliphatic rings. The Bertz CT molecular complexity index is 177. The predicted octanol–water partition coefficient (Wildman–Crippen LogP) is -1.53. The summed E-state index contributed by atoms with van der Waals surface area (Å²) in [5.74, 6) is -0.276. The van der Waals surface area contributed by atoms with Crippen LogP contribution in [0.15, 0.2) is 0 Å². The lowest BCUT2D eigenvalue weighted by Gasteiger charge is -2.13. The highest BCUT2D eigenvalue weighted by atomic mass is 16.5. The van der Waals surface area contributed by atoms with Gasteiger partial charge in [-0.05, 0) is 6.42 Å². The zero-order valence-electron chi connectivity index (χ0n) is 9.23. The van der Waals surface area contributed by atoms with Crippen LogP contribution in [0, 0.1) is 0 Å². The van der Waals surface area contributed by atoms with Gasteiger partial charge in [-0.25, -0.2) is 0 Å². The van der Waals surface area contributed by atoms with Crippen molar-refractivity contribution in [1.29, 1.82) is 0 Å². The Labute approximate surface area is 89.7 Å². The Morgan fingerprint density at radius 3 is 2.53 bits per heavy atom. The second-order valence-electron chi connectivity index (χ2n) is 3.25. The van der Waals surface area contributed by atoms with Crippen molar-refractivity contribution in [1.82, 2.24) is 5.32 Å². The molecule has 2 unspecified atom stereocenters. The molecule has 0 aromatic carbocycles. The molecule has 0 spiro atoms. The minimum atomic E-state index is -0.658. The van der Waals surface area contributed by atoms with Gasteiger partial charge in [0.15, 0.2) is 0 Å². The molecule has 2 atom stereocenters. The fourth-order valence-corrected chi connectivity index (χ4v) is 1.02. The maximum atomic E-state index is 11.2. The molecule has 0 rings (SSSR count). The molecule has 4 N–H and O–H groups in total. The summed E-state index contributed by atoms with van der Waals surface area (Å²) in [4.78, 5) is 11.2. The third-order valence-electron chi connectivity index (χ3n) is 1.82. The van der Waals surface area contributed by atoms with Crippen LogP contribution in [0.2, 0.25) is 0 Å². The van der Waals surface area contributed by atoms with Gasteiger partial charge >= 0.3 is 0 Å². The van der Waals surface area contributed by atoms with Crippen molar-refractivity contribution >= 4 is 5.91 Å². The third kappa shape index (κ3) is 7.26. The summed E-state index contributed by atoms with van der Waals surface area (Å²) in [5, 5.41) is 11.9. The highest BCUT2D eigenvalue weighted by Crippen LogP contribution is 1.90. The van der Waals surface area contributed by atoms with Gasteiger partial charge in [0.25, 0.3) is 0 Å². The second-order valence-corrected chi connectivity index (χ2v) is 3.25. The molecule has 0 heterocycles. The molecule has 0 bridgehead atoms. The van der Waals surface area contributed by atoms with Crippen molar-refractivity contribution < 1.29 is 19.4 Å². The lowest BCUT2D eigenvalue weighted by Crippen LogP contribution is -2.44. The first-order chi connectivity index (χ1) is 7.11. The average Bonchev–Trinajstić information content (AvgIpc) is 2.18. The lowest BCUT2D eigenvalue weighted by atomic mass is 10.2. The summed E-state index contributed by atoms with van der Waals surface area (Å²) in [6.07, 6.45) is -0.117. The number of aliphatic hydroxyl groups excluding tert-OH is 1. The average molecular weight is 220 g/mol. The quantitative estimate of drug-likeness (QED) is 0.461. The van der Waals surface area contributed by atoms with E-state index in [2.05, 4.69) is 5.32 Å². The first kappa shape index (κ1) is 14.3. The molecule has 0 saturated heterocycles. The molecule has 0 fully saturated rings. The van der Waals surface area contributed by atoms with E-state index in [0.29, 0.717) is 13.0 Å². The number of amides is 1. The normalized spacial score (nSPS) is 14.7. The number of rotatable bonds is 8. The maximum absolute atomic E-state index is 11.2. The van der Waals surface area contributed by atoms with E-state index in [1.54, 1.807) is 0 Å². The van der Waals surface area contributed by atoms with E-state index in [1.165, 1.54) is 14.2 Å². The minimum absolute atomic E-state index is 0.187. The summed E-state index contributed by atoms with van der Waals surface area (Å²) in [6, 6.07) is -0.658. The fourth-order valence-electron chi connectivity index (χ4n) is 1.02. The Morgan fingerprint density at radius 1 is 1.40 bits per heavy atom. The number of nitrogens with two attached hydrogens (primary N) is 1. The molecule has 0 radical (unpaired) electrons. The Hall–Kier alpha value is -0.690. The van der Waals surface area contributed by atoms with Crippen LogP contribution in [0.3, 0.4) is 0 Å². The summed E-state index contributed by atoms with van der Waals surface area (Å²) < 4.78 is 9.48. The van der Waals surface area contributed by atoms with E-state index >= 15 is 0 Å². The number of carbonyl (C=O) groups excluding carboxylic acids is 1. The van der Waals surface area contributed by atoms with Gasteiger partial charge in [0.05, 0.1) is 19.3 Å². The van der Waals surface area contributed by atoms with Crippen LogP contribution in [0.4, 0.5) is 0 Å². The molecular weight excluding hydrogens is 200 g/mol. The van der Waals surface area contributed by atoms with E-state index in [-0.39, 0.29) is 19.1 Å². The zero-order valence-corrected chi connectivity index (χ0v) is 9.23. The predicted molar refractivity (Wildman–Crippen MR) is 55.4 cm³/mol. The van der Waals surface area contributed by atoms with Gasteiger partial charge in [-0.2, -0.15) is 0 Å². The molecule has 1 amide bonds. The van der Waals surface area contributed by atoms with Crippen molar-refractivity contribution in [2.24, 2.45) is 5.73 Å². The van der Waals surface area contributed by atoms with E-state index in [9.17, 15) is 9.90 Å². The second kappa shape index (κ2) is 8.60.